The first-order valence-corrected chi connectivity index (χ1v) is 7.96. The molecule has 1 N–H and O–H groups in total. The van der Waals surface area contributed by atoms with Crippen molar-refractivity contribution in [3.8, 4) is 0 Å². The van der Waals surface area contributed by atoms with Crippen LogP contribution in [0.3, 0.4) is 0 Å². The predicted octanol–water partition coefficient (Wildman–Crippen LogP) is 2.93. The van der Waals surface area contributed by atoms with Gasteiger partial charge in [0.2, 0.25) is 0 Å². The van der Waals surface area contributed by atoms with E-state index in [9.17, 15) is 5.11 Å². The standard InChI is InChI=1S/C14H22N4OS/c1-4-6-12-14(20-17-15-12)13(19)9-11-7-8-18(16-11)10(3)5-2/h7-8,10,13,19H,4-6,9H2,1-3H3. The molecule has 2 aromatic heterocycles. The highest BCUT2D eigenvalue weighted by molar-refractivity contribution is 7.05. The van der Waals surface area contributed by atoms with E-state index in [0.717, 1.165) is 35.5 Å². The Labute approximate surface area is 123 Å². The molecule has 2 unspecified atom stereocenters. The first kappa shape index (κ1) is 15.1. The van der Waals surface area contributed by atoms with Crippen LogP contribution in [0.1, 0.15) is 62.0 Å². The Hall–Kier alpha value is -1.27. The SMILES string of the molecule is CCCc1nnsc1C(O)Cc1ccn(C(C)CC)n1. The molecular weight excluding hydrogens is 272 g/mol. The first-order valence-electron chi connectivity index (χ1n) is 7.18. The van der Waals surface area contributed by atoms with Crippen LogP contribution in [0.5, 0.6) is 0 Å². The van der Waals surface area contributed by atoms with E-state index in [2.05, 4.69) is 35.5 Å². The Kier molecular flexibility index (Phi) is 5.25. The van der Waals surface area contributed by atoms with Crippen LogP contribution < -0.4 is 0 Å². The second kappa shape index (κ2) is 6.95. The van der Waals surface area contributed by atoms with Gasteiger partial charge in [-0.05, 0) is 37.4 Å². The molecule has 0 saturated heterocycles. The second-order valence-corrected chi connectivity index (χ2v) is 5.88. The Morgan fingerprint density at radius 2 is 2.20 bits per heavy atom. The van der Waals surface area contributed by atoms with E-state index in [-0.39, 0.29) is 0 Å². The molecule has 2 rings (SSSR count). The van der Waals surface area contributed by atoms with Gasteiger partial charge in [0.25, 0.3) is 0 Å². The summed E-state index contributed by atoms with van der Waals surface area (Å²) in [5.74, 6) is 0. The van der Waals surface area contributed by atoms with Gasteiger partial charge >= 0.3 is 0 Å². The smallest absolute Gasteiger partial charge is 0.0973 e. The molecule has 6 heteroatoms. The summed E-state index contributed by atoms with van der Waals surface area (Å²) in [4.78, 5) is 0.880. The topological polar surface area (TPSA) is 63.8 Å². The molecule has 0 bridgehead atoms. The van der Waals surface area contributed by atoms with Crippen molar-refractivity contribution in [2.75, 3.05) is 0 Å². The van der Waals surface area contributed by atoms with Crippen LogP contribution >= 0.6 is 11.5 Å². The summed E-state index contributed by atoms with van der Waals surface area (Å²) in [7, 11) is 0. The fraction of sp³-hybridized carbons (Fsp3) is 0.643. The Bertz CT molecular complexity index is 537. The molecule has 0 amide bonds. The van der Waals surface area contributed by atoms with Gasteiger partial charge < -0.3 is 5.11 Å². The van der Waals surface area contributed by atoms with E-state index < -0.39 is 6.10 Å². The van der Waals surface area contributed by atoms with Gasteiger partial charge in [0.05, 0.1) is 22.4 Å². The summed E-state index contributed by atoms with van der Waals surface area (Å²) in [6.07, 6.45) is 4.86. The molecule has 5 nitrogen and oxygen atoms in total. The number of hydrogen-bond donors (Lipinski definition) is 1. The lowest BCUT2D eigenvalue weighted by atomic mass is 10.1. The molecule has 0 spiro atoms. The van der Waals surface area contributed by atoms with Gasteiger partial charge in [-0.2, -0.15) is 5.10 Å². The lowest BCUT2D eigenvalue weighted by Gasteiger charge is -2.09. The molecule has 2 atom stereocenters. The third-order valence-electron chi connectivity index (χ3n) is 3.48. The maximum absolute atomic E-state index is 10.4. The average Bonchev–Trinajstić information content (AvgIpc) is 3.07. The van der Waals surface area contributed by atoms with Crippen molar-refractivity contribution in [1.82, 2.24) is 19.4 Å². The molecule has 0 radical (unpaired) electrons. The van der Waals surface area contributed by atoms with Crippen LogP contribution in [-0.4, -0.2) is 24.5 Å². The minimum atomic E-state index is -0.558. The molecule has 0 aliphatic rings. The lowest BCUT2D eigenvalue weighted by Crippen LogP contribution is -2.07. The van der Waals surface area contributed by atoms with Crippen LogP contribution in [0.15, 0.2) is 12.3 Å². The van der Waals surface area contributed by atoms with Crippen molar-refractivity contribution in [3.63, 3.8) is 0 Å². The van der Waals surface area contributed by atoms with Crippen molar-refractivity contribution >= 4 is 11.5 Å². The highest BCUT2D eigenvalue weighted by atomic mass is 32.1. The van der Waals surface area contributed by atoms with E-state index in [4.69, 9.17) is 0 Å². The minimum absolute atomic E-state index is 0.390. The summed E-state index contributed by atoms with van der Waals surface area (Å²) in [5, 5.41) is 19.0. The highest BCUT2D eigenvalue weighted by Gasteiger charge is 2.18. The van der Waals surface area contributed by atoms with Gasteiger partial charge in [0, 0.05) is 18.7 Å². The molecule has 20 heavy (non-hydrogen) atoms. The largest absolute Gasteiger partial charge is 0.387 e. The zero-order chi connectivity index (χ0) is 14.5. The summed E-state index contributed by atoms with van der Waals surface area (Å²) >= 11 is 1.29. The number of aliphatic hydroxyl groups is 1. The van der Waals surface area contributed by atoms with Crippen molar-refractivity contribution in [2.24, 2.45) is 0 Å². The maximum atomic E-state index is 10.4. The summed E-state index contributed by atoms with van der Waals surface area (Å²) in [6, 6.07) is 2.37. The lowest BCUT2D eigenvalue weighted by molar-refractivity contribution is 0.179. The third-order valence-corrected chi connectivity index (χ3v) is 4.35. The normalized spacial score (nSPS) is 14.4. The van der Waals surface area contributed by atoms with Crippen LogP contribution in [-0.2, 0) is 12.8 Å². The number of rotatable bonds is 7. The van der Waals surface area contributed by atoms with Crippen molar-refractivity contribution in [1.29, 1.82) is 0 Å². The highest BCUT2D eigenvalue weighted by Crippen LogP contribution is 2.24. The van der Waals surface area contributed by atoms with E-state index in [1.165, 1.54) is 11.5 Å². The number of aliphatic hydroxyl groups excluding tert-OH is 1. The van der Waals surface area contributed by atoms with Crippen LogP contribution in [0, 0.1) is 0 Å². The molecule has 0 aromatic carbocycles. The molecule has 0 saturated carbocycles. The molecule has 2 aromatic rings. The fourth-order valence-electron chi connectivity index (χ4n) is 2.09. The Morgan fingerprint density at radius 3 is 2.90 bits per heavy atom. The van der Waals surface area contributed by atoms with Crippen LogP contribution in [0.2, 0.25) is 0 Å². The summed E-state index contributed by atoms with van der Waals surface area (Å²) in [5.41, 5.74) is 1.83. The van der Waals surface area contributed by atoms with Gasteiger partial charge in [-0.3, -0.25) is 4.68 Å². The van der Waals surface area contributed by atoms with E-state index in [0.29, 0.717) is 12.5 Å². The summed E-state index contributed by atoms with van der Waals surface area (Å²) in [6.45, 7) is 6.38. The zero-order valence-corrected chi connectivity index (χ0v) is 13.1. The number of hydrogen-bond acceptors (Lipinski definition) is 5. The van der Waals surface area contributed by atoms with Crippen molar-refractivity contribution < 1.29 is 5.11 Å². The first-order chi connectivity index (χ1) is 9.65. The van der Waals surface area contributed by atoms with Crippen molar-refractivity contribution in [2.45, 2.75) is 58.6 Å². The van der Waals surface area contributed by atoms with Gasteiger partial charge in [0.1, 0.15) is 0 Å². The molecule has 0 fully saturated rings. The van der Waals surface area contributed by atoms with E-state index >= 15 is 0 Å². The van der Waals surface area contributed by atoms with Crippen LogP contribution in [0.4, 0.5) is 0 Å². The van der Waals surface area contributed by atoms with Gasteiger partial charge in [0.15, 0.2) is 0 Å². The Morgan fingerprint density at radius 1 is 1.40 bits per heavy atom. The monoisotopic (exact) mass is 294 g/mol. The minimum Gasteiger partial charge on any atom is -0.387 e. The van der Waals surface area contributed by atoms with Crippen molar-refractivity contribution in [3.05, 3.63) is 28.5 Å². The molecule has 0 aliphatic heterocycles. The molecule has 0 aliphatic carbocycles. The second-order valence-electron chi connectivity index (χ2n) is 5.10. The van der Waals surface area contributed by atoms with Gasteiger partial charge in [-0.25, -0.2) is 0 Å². The number of aromatic nitrogens is 4. The third kappa shape index (κ3) is 3.43. The average molecular weight is 294 g/mol. The van der Waals surface area contributed by atoms with E-state index in [1.54, 1.807) is 0 Å². The van der Waals surface area contributed by atoms with Crippen LogP contribution in [0.25, 0.3) is 0 Å². The van der Waals surface area contributed by atoms with Gasteiger partial charge in [-0.15, -0.1) is 5.10 Å². The number of aryl methyl sites for hydroxylation is 1. The maximum Gasteiger partial charge on any atom is 0.0973 e. The quantitative estimate of drug-likeness (QED) is 0.852. The fourth-order valence-corrected chi connectivity index (χ4v) is 2.77. The van der Waals surface area contributed by atoms with E-state index in [1.807, 2.05) is 16.9 Å². The number of nitrogens with zero attached hydrogens (tertiary/aromatic N) is 4. The summed E-state index contributed by atoms with van der Waals surface area (Å²) < 4.78 is 5.91. The zero-order valence-electron chi connectivity index (χ0n) is 12.3. The molecule has 110 valence electrons. The predicted molar refractivity (Wildman–Crippen MR) is 79.8 cm³/mol. The Balaban J connectivity index is 2.05. The van der Waals surface area contributed by atoms with Gasteiger partial charge in [-0.1, -0.05) is 24.8 Å². The molecule has 2 heterocycles. The molecular formula is C14H22N4OS.